The van der Waals surface area contributed by atoms with Crippen LogP contribution in [0.3, 0.4) is 0 Å². The number of aryl methyl sites for hydroxylation is 1. The molecule has 0 radical (unpaired) electrons. The zero-order valence-electron chi connectivity index (χ0n) is 21.1. The van der Waals surface area contributed by atoms with E-state index in [9.17, 15) is 0 Å². The van der Waals surface area contributed by atoms with Crippen LogP contribution >= 0.6 is 0 Å². The average molecular weight is 479 g/mol. The molecule has 1 aromatic carbocycles. The predicted molar refractivity (Wildman–Crippen MR) is 142 cm³/mol. The number of rotatable bonds is 6. The maximum absolute atomic E-state index is 4.96. The first-order valence-corrected chi connectivity index (χ1v) is 12.4. The number of fused-ring (bicyclic) bond motifs is 2. The van der Waals surface area contributed by atoms with E-state index in [1.807, 2.05) is 25.6 Å². The van der Waals surface area contributed by atoms with Gasteiger partial charge in [-0.2, -0.15) is 5.10 Å². The van der Waals surface area contributed by atoms with E-state index >= 15 is 0 Å². The Labute approximate surface area is 209 Å². The van der Waals surface area contributed by atoms with Crippen molar-refractivity contribution in [2.75, 3.05) is 6.54 Å². The molecule has 0 aliphatic heterocycles. The first-order chi connectivity index (χ1) is 17.5. The fourth-order valence-corrected chi connectivity index (χ4v) is 5.12. The molecule has 1 atom stereocenters. The van der Waals surface area contributed by atoms with E-state index in [1.54, 1.807) is 0 Å². The van der Waals surface area contributed by atoms with Crippen LogP contribution in [0, 0.1) is 13.8 Å². The Kier molecular flexibility index (Phi) is 5.34. The van der Waals surface area contributed by atoms with Crippen LogP contribution in [0.1, 0.15) is 48.5 Å². The van der Waals surface area contributed by atoms with E-state index in [-0.39, 0.29) is 5.54 Å². The van der Waals surface area contributed by atoms with Gasteiger partial charge in [-0.05, 0) is 68.6 Å². The van der Waals surface area contributed by atoms with Crippen LogP contribution in [0.4, 0.5) is 0 Å². The third-order valence-corrected chi connectivity index (χ3v) is 7.33. The molecule has 4 aromatic heterocycles. The molecule has 0 fully saturated rings. The summed E-state index contributed by atoms with van der Waals surface area (Å²) in [6.07, 6.45) is 13.0. The minimum absolute atomic E-state index is 0.288. The Morgan fingerprint density at radius 3 is 2.89 bits per heavy atom. The summed E-state index contributed by atoms with van der Waals surface area (Å²) in [5.41, 5.74) is 9.19. The van der Waals surface area contributed by atoms with Crippen LogP contribution in [-0.4, -0.2) is 41.2 Å². The van der Waals surface area contributed by atoms with Crippen LogP contribution in [0.15, 0.2) is 49.2 Å². The van der Waals surface area contributed by atoms with Gasteiger partial charge in [0.25, 0.3) is 0 Å². The lowest BCUT2D eigenvalue weighted by molar-refractivity contribution is 0.383. The maximum Gasteiger partial charge on any atom is 0.159 e. The van der Waals surface area contributed by atoms with Gasteiger partial charge in [0.2, 0.25) is 0 Å². The molecular weight excluding hydrogens is 448 g/mol. The van der Waals surface area contributed by atoms with Gasteiger partial charge in [0.1, 0.15) is 5.69 Å². The smallest absolute Gasteiger partial charge is 0.159 e. The van der Waals surface area contributed by atoms with Gasteiger partial charge in [-0.1, -0.05) is 19.1 Å². The second-order valence-electron chi connectivity index (χ2n) is 9.73. The highest BCUT2D eigenvalue weighted by Gasteiger charge is 2.35. The average Bonchev–Trinajstić information content (AvgIpc) is 3.61. The number of aromatic amines is 2. The second kappa shape index (κ2) is 8.57. The molecule has 1 unspecified atom stereocenters. The van der Waals surface area contributed by atoms with Crippen molar-refractivity contribution in [1.82, 2.24) is 40.0 Å². The van der Waals surface area contributed by atoms with Gasteiger partial charge < -0.3 is 14.9 Å². The van der Waals surface area contributed by atoms with Crippen LogP contribution in [0.5, 0.6) is 0 Å². The van der Waals surface area contributed by atoms with Crippen molar-refractivity contribution in [2.24, 2.45) is 0 Å². The number of hydrogen-bond donors (Lipinski definition) is 3. The fourth-order valence-electron chi connectivity index (χ4n) is 5.12. The van der Waals surface area contributed by atoms with Crippen molar-refractivity contribution < 1.29 is 0 Å². The minimum Gasteiger partial charge on any atom is -0.338 e. The molecule has 6 rings (SSSR count). The van der Waals surface area contributed by atoms with Gasteiger partial charge in [-0.25, -0.2) is 9.97 Å². The molecule has 36 heavy (non-hydrogen) atoms. The summed E-state index contributed by atoms with van der Waals surface area (Å²) in [4.78, 5) is 17.5. The number of imidazole rings is 2. The van der Waals surface area contributed by atoms with Crippen molar-refractivity contribution in [1.29, 1.82) is 0 Å². The molecule has 8 nitrogen and oxygen atoms in total. The van der Waals surface area contributed by atoms with E-state index in [0.29, 0.717) is 0 Å². The Balaban J connectivity index is 1.43. The molecule has 0 spiro atoms. The summed E-state index contributed by atoms with van der Waals surface area (Å²) in [6.45, 7) is 10.2. The summed E-state index contributed by atoms with van der Waals surface area (Å²) >= 11 is 0. The highest BCUT2D eigenvalue weighted by atomic mass is 15.2. The van der Waals surface area contributed by atoms with Crippen molar-refractivity contribution >= 4 is 17.0 Å². The fraction of sp³-hybridized carbons (Fsp3) is 0.286. The summed E-state index contributed by atoms with van der Waals surface area (Å²) < 4.78 is 2.17. The second-order valence-corrected chi connectivity index (χ2v) is 9.73. The first kappa shape index (κ1) is 22.4. The standard InChI is InChI=1S/C28H30N8/c1-5-29-12-20-13-30-14-22(18(20)3)19-8-9-23-21(11-19)25(35-34-23)27-32-24-7-6-10-28(4,26(24)33-27)36-15-17(2)31-16-36/h6-9,11,13-16,29H,5,10,12H2,1-4H3,(H,32,33)(H,34,35). The van der Waals surface area contributed by atoms with Gasteiger partial charge in [0, 0.05) is 36.1 Å². The monoisotopic (exact) mass is 478 g/mol. The molecule has 1 aliphatic carbocycles. The molecule has 5 aromatic rings. The largest absolute Gasteiger partial charge is 0.338 e. The third kappa shape index (κ3) is 3.56. The van der Waals surface area contributed by atoms with Gasteiger partial charge in [-0.15, -0.1) is 0 Å². The molecule has 8 heteroatoms. The van der Waals surface area contributed by atoms with E-state index in [4.69, 9.17) is 4.98 Å². The number of nitrogens with zero attached hydrogens (tertiary/aromatic N) is 5. The first-order valence-electron chi connectivity index (χ1n) is 12.4. The van der Waals surface area contributed by atoms with Gasteiger partial charge in [0.15, 0.2) is 5.82 Å². The number of benzene rings is 1. The van der Waals surface area contributed by atoms with E-state index in [1.165, 1.54) is 11.1 Å². The normalized spacial score (nSPS) is 17.1. The molecule has 1 aliphatic rings. The van der Waals surface area contributed by atoms with Crippen LogP contribution in [-0.2, 0) is 12.1 Å². The lowest BCUT2D eigenvalue weighted by Gasteiger charge is -2.31. The van der Waals surface area contributed by atoms with Crippen molar-refractivity contribution in [3.05, 3.63) is 77.4 Å². The van der Waals surface area contributed by atoms with Crippen molar-refractivity contribution in [3.63, 3.8) is 0 Å². The molecule has 182 valence electrons. The Morgan fingerprint density at radius 2 is 2.08 bits per heavy atom. The topological polar surface area (TPSA) is 100 Å². The van der Waals surface area contributed by atoms with Crippen molar-refractivity contribution in [2.45, 2.75) is 46.2 Å². The molecule has 0 saturated heterocycles. The number of pyridine rings is 1. The summed E-state index contributed by atoms with van der Waals surface area (Å²) in [7, 11) is 0. The van der Waals surface area contributed by atoms with E-state index in [2.05, 4.69) is 92.4 Å². The molecule has 0 saturated carbocycles. The van der Waals surface area contributed by atoms with Crippen LogP contribution in [0.25, 0.3) is 39.6 Å². The number of H-pyrrole nitrogens is 2. The number of hydrogen-bond acceptors (Lipinski definition) is 5. The molecule has 0 bridgehead atoms. The summed E-state index contributed by atoms with van der Waals surface area (Å²) in [5.74, 6) is 0.758. The summed E-state index contributed by atoms with van der Waals surface area (Å²) in [6, 6.07) is 6.39. The summed E-state index contributed by atoms with van der Waals surface area (Å²) in [5, 5.41) is 12.3. The third-order valence-electron chi connectivity index (χ3n) is 7.33. The van der Waals surface area contributed by atoms with Crippen LogP contribution in [0.2, 0.25) is 0 Å². The van der Waals surface area contributed by atoms with Crippen LogP contribution < -0.4 is 5.32 Å². The molecular formula is C28H30N8. The highest BCUT2D eigenvalue weighted by Crippen LogP contribution is 2.38. The lowest BCUT2D eigenvalue weighted by atomic mass is 9.88. The van der Waals surface area contributed by atoms with Gasteiger partial charge in [-0.3, -0.25) is 10.1 Å². The number of aromatic nitrogens is 7. The number of nitrogens with one attached hydrogen (secondary N) is 3. The highest BCUT2D eigenvalue weighted by molar-refractivity contribution is 5.94. The maximum atomic E-state index is 4.96. The molecule has 4 heterocycles. The van der Waals surface area contributed by atoms with E-state index < -0.39 is 0 Å². The zero-order valence-corrected chi connectivity index (χ0v) is 21.1. The Bertz CT molecular complexity index is 1600. The van der Waals surface area contributed by atoms with Gasteiger partial charge >= 0.3 is 0 Å². The minimum atomic E-state index is -0.288. The lowest BCUT2D eigenvalue weighted by Crippen LogP contribution is -2.32. The Morgan fingerprint density at radius 1 is 1.19 bits per heavy atom. The van der Waals surface area contributed by atoms with Crippen molar-refractivity contribution in [3.8, 4) is 22.6 Å². The molecule has 0 amide bonds. The van der Waals surface area contributed by atoms with Gasteiger partial charge in [0.05, 0.1) is 34.5 Å². The Hall–Kier alpha value is -4.04. The van der Waals surface area contributed by atoms with E-state index in [0.717, 1.165) is 70.1 Å². The zero-order chi connectivity index (χ0) is 24.9. The SMILES string of the molecule is CCNCc1cncc(-c2ccc3[nH]nc(-c4nc5c([nH]4)C(C)(n4cnc(C)c4)CC=C5)c3c2)c1C. The predicted octanol–water partition coefficient (Wildman–Crippen LogP) is 5.12. The molecule has 3 N–H and O–H groups in total. The number of allylic oxidation sites excluding steroid dienone is 1. The quantitative estimate of drug-likeness (QED) is 0.315.